The van der Waals surface area contributed by atoms with Gasteiger partial charge in [-0.05, 0) is 206 Å². The molecule has 0 N–H and O–H groups in total. The lowest BCUT2D eigenvalue weighted by Crippen LogP contribution is -2.61. The predicted octanol–water partition coefficient (Wildman–Crippen LogP) is 16.9. The number of hydrogen-bond donors (Lipinski definition) is 0. The second-order valence-electron chi connectivity index (χ2n) is 28.3. The maximum absolute atomic E-state index is 2.76. The molecule has 5 aliphatic rings. The van der Waals surface area contributed by atoms with E-state index >= 15 is 0 Å². The highest BCUT2D eigenvalue weighted by atomic mass is 32.1. The number of nitrogens with zero attached hydrogens (tertiary/aromatic N) is 2. The van der Waals surface area contributed by atoms with Crippen LogP contribution in [0.1, 0.15) is 166 Å². The first-order valence-corrected chi connectivity index (χ1v) is 31.8. The highest BCUT2D eigenvalue weighted by molar-refractivity contribution is 7.33. The van der Waals surface area contributed by atoms with Gasteiger partial charge in [-0.1, -0.05) is 150 Å². The number of hydrogen-bond acceptors (Lipinski definition) is 3. The quantitative estimate of drug-likeness (QED) is 0.162. The van der Waals surface area contributed by atoms with Crippen LogP contribution in [0, 0.1) is 13.8 Å². The first-order chi connectivity index (χ1) is 33.6. The normalized spacial score (nSPS) is 20.3. The summed E-state index contributed by atoms with van der Waals surface area (Å²) in [5.41, 5.74) is 25.7. The highest BCUT2D eigenvalue weighted by Crippen LogP contribution is 2.56. The molecule has 0 spiro atoms. The Kier molecular flexibility index (Phi) is 10.3. The molecule has 6 aromatic carbocycles. The van der Waals surface area contributed by atoms with Gasteiger partial charge < -0.3 is 9.80 Å². The third-order valence-electron chi connectivity index (χ3n) is 19.5. The molecule has 2 nitrogen and oxygen atoms in total. The molecule has 0 radical (unpaired) electrons. The first kappa shape index (κ1) is 48.1. The van der Waals surface area contributed by atoms with Gasteiger partial charge in [0.2, 0.25) is 0 Å². The van der Waals surface area contributed by atoms with Gasteiger partial charge >= 0.3 is 0 Å². The summed E-state index contributed by atoms with van der Waals surface area (Å²) in [5, 5.41) is 2.90. The molecule has 370 valence electrons. The molecule has 0 amide bonds. The van der Waals surface area contributed by atoms with E-state index < -0.39 is 8.07 Å². The van der Waals surface area contributed by atoms with Gasteiger partial charge in [-0.25, -0.2) is 0 Å². The number of aryl methyl sites for hydroxylation is 2. The van der Waals surface area contributed by atoms with Crippen LogP contribution in [0.5, 0.6) is 0 Å². The van der Waals surface area contributed by atoms with Gasteiger partial charge in [-0.2, -0.15) is 0 Å². The maximum Gasteiger partial charge on any atom is 0.264 e. The Balaban J connectivity index is 1.26. The Morgan fingerprint density at radius 3 is 1.50 bits per heavy atom. The topological polar surface area (TPSA) is 6.48 Å². The van der Waals surface area contributed by atoms with Gasteiger partial charge in [0.05, 0.1) is 13.8 Å². The van der Waals surface area contributed by atoms with Crippen molar-refractivity contribution in [2.45, 2.75) is 188 Å². The number of anilines is 6. The van der Waals surface area contributed by atoms with Crippen LogP contribution in [0.3, 0.4) is 0 Å². The molecule has 3 heterocycles. The van der Waals surface area contributed by atoms with Crippen LogP contribution >= 0.6 is 11.3 Å². The Morgan fingerprint density at radius 2 is 0.944 bits per heavy atom. The minimum Gasteiger partial charge on any atom is -0.311 e. The summed E-state index contributed by atoms with van der Waals surface area (Å²) in [7, 11) is -1.58. The molecule has 72 heavy (non-hydrogen) atoms. The summed E-state index contributed by atoms with van der Waals surface area (Å²) >= 11 is 2.09. The van der Waals surface area contributed by atoms with E-state index in [-0.39, 0.29) is 39.2 Å². The molecule has 12 rings (SSSR count). The fraction of sp³-hybridized carbons (Fsp3) is 0.433. The van der Waals surface area contributed by atoms with E-state index in [2.05, 4.69) is 235 Å². The molecule has 0 atom stereocenters. The van der Waals surface area contributed by atoms with Gasteiger partial charge in [0.1, 0.15) is 0 Å². The average molecular weight is 983 g/mol. The lowest BCUT2D eigenvalue weighted by molar-refractivity contribution is 0.332. The van der Waals surface area contributed by atoms with Crippen LogP contribution in [-0.2, 0) is 32.5 Å². The minimum absolute atomic E-state index is 0.0475. The van der Waals surface area contributed by atoms with Gasteiger partial charge in [0.25, 0.3) is 6.71 Å². The molecule has 0 bridgehead atoms. The smallest absolute Gasteiger partial charge is 0.264 e. The Morgan fingerprint density at radius 1 is 0.472 bits per heavy atom. The first-order valence-electron chi connectivity index (χ1n) is 27.5. The van der Waals surface area contributed by atoms with Crippen molar-refractivity contribution in [3.05, 3.63) is 142 Å². The number of fused-ring (bicyclic) bond motifs is 9. The summed E-state index contributed by atoms with van der Waals surface area (Å²) in [6, 6.07) is 40.4. The predicted molar refractivity (Wildman–Crippen MR) is 320 cm³/mol. The minimum atomic E-state index is -1.58. The van der Waals surface area contributed by atoms with Crippen molar-refractivity contribution in [2.24, 2.45) is 0 Å². The summed E-state index contributed by atoms with van der Waals surface area (Å²) in [6.45, 7) is 42.1. The molecule has 0 fully saturated rings. The lowest BCUT2D eigenvalue weighted by atomic mass is 9.35. The summed E-state index contributed by atoms with van der Waals surface area (Å²) < 4.78 is 2.90. The third kappa shape index (κ3) is 7.04. The van der Waals surface area contributed by atoms with Crippen LogP contribution in [0.15, 0.2) is 97.1 Å². The van der Waals surface area contributed by atoms with E-state index in [9.17, 15) is 0 Å². The molecule has 3 aliphatic carbocycles. The average Bonchev–Trinajstić information content (AvgIpc) is 3.68. The van der Waals surface area contributed by atoms with Crippen LogP contribution < -0.4 is 30.7 Å². The van der Waals surface area contributed by atoms with Crippen molar-refractivity contribution < 1.29 is 0 Å². The van der Waals surface area contributed by atoms with Gasteiger partial charge in [-0.3, -0.25) is 0 Å². The van der Waals surface area contributed by atoms with Crippen molar-refractivity contribution in [1.82, 2.24) is 0 Å². The Bertz CT molecular complexity index is 3420. The van der Waals surface area contributed by atoms with Crippen LogP contribution in [0.2, 0.25) is 19.6 Å². The van der Waals surface area contributed by atoms with Crippen molar-refractivity contribution in [1.29, 1.82) is 0 Å². The summed E-state index contributed by atoms with van der Waals surface area (Å²) in [4.78, 5) is 5.50. The Labute approximate surface area is 438 Å². The zero-order valence-electron chi connectivity index (χ0n) is 46.9. The molecular weight excluding hydrogens is 904 g/mol. The summed E-state index contributed by atoms with van der Waals surface area (Å²) in [6.07, 6.45) is 7.14. The molecule has 0 saturated carbocycles. The molecule has 7 aromatic rings. The van der Waals surface area contributed by atoms with Gasteiger partial charge in [0, 0.05) is 43.3 Å². The van der Waals surface area contributed by atoms with E-state index in [1.54, 1.807) is 0 Å². The van der Waals surface area contributed by atoms with Crippen molar-refractivity contribution >= 4 is 91.2 Å². The van der Waals surface area contributed by atoms with Gasteiger partial charge in [-0.15, -0.1) is 11.3 Å². The molecule has 2 aliphatic heterocycles. The van der Waals surface area contributed by atoms with Crippen molar-refractivity contribution in [2.75, 3.05) is 9.80 Å². The fourth-order valence-corrected chi connectivity index (χ4v) is 16.9. The van der Waals surface area contributed by atoms with Crippen LogP contribution in [-0.4, -0.2) is 14.8 Å². The monoisotopic (exact) mass is 983 g/mol. The molecular formula is C67H79BN2SSi. The maximum atomic E-state index is 2.76. The second-order valence-corrected chi connectivity index (χ2v) is 34.5. The molecule has 1 aromatic heterocycles. The van der Waals surface area contributed by atoms with Crippen molar-refractivity contribution in [3.8, 4) is 11.1 Å². The lowest BCUT2D eigenvalue weighted by Gasteiger charge is -2.47. The second kappa shape index (κ2) is 15.4. The number of rotatable bonds is 4. The highest BCUT2D eigenvalue weighted by Gasteiger charge is 2.49. The third-order valence-corrected chi connectivity index (χ3v) is 22.7. The van der Waals surface area contributed by atoms with Crippen LogP contribution in [0.25, 0.3) is 21.2 Å². The van der Waals surface area contributed by atoms with Crippen molar-refractivity contribution in [3.63, 3.8) is 0 Å². The fourth-order valence-electron chi connectivity index (χ4n) is 14.4. The molecule has 0 saturated heterocycles. The van der Waals surface area contributed by atoms with Gasteiger partial charge in [0.15, 0.2) is 0 Å². The largest absolute Gasteiger partial charge is 0.311 e. The standard InChI is InChI=1S/C67H79BN2SSi/c1-40-19-18-20-41(2)58(40)42-33-55-59-56(34-42)70(43-21-24-45(25-22-43)72(15,16)17)60-46-36-49-52(67(13,14)32-29-64(49,7)8)39-57(46)71-61(60)68(59)53-37-50-51(66(11,12)31-30-65(50,9)10)38-54(53)69(55)44-23-26-47-48(35-44)63(5,6)28-27-62(47,3)4/h18-26,33-39H,27-32H2,1-17H3. The zero-order chi connectivity index (χ0) is 51.2. The van der Waals surface area contributed by atoms with E-state index in [1.807, 2.05) is 0 Å². The number of benzene rings is 6. The van der Waals surface area contributed by atoms with E-state index in [1.165, 1.54) is 159 Å². The Hall–Kier alpha value is -4.84. The van der Waals surface area contributed by atoms with E-state index in [4.69, 9.17) is 0 Å². The zero-order valence-corrected chi connectivity index (χ0v) is 48.7. The molecule has 0 unspecified atom stereocenters. The summed E-state index contributed by atoms with van der Waals surface area (Å²) in [5.74, 6) is 0. The van der Waals surface area contributed by atoms with Crippen LogP contribution in [0.4, 0.5) is 34.1 Å². The SMILES string of the molecule is Cc1cccc(C)c1-c1cc2c3c(c1)N(c1ccc([Si](C)(C)C)cc1)c1c(sc4cc5c(cc14)C(C)(C)CCC5(C)C)B3c1cc3c(cc1N2c1ccc2c(c1)C(C)(C)CCC2(C)C)C(C)(C)CCC3(C)C. The van der Waals surface area contributed by atoms with E-state index in [0.29, 0.717) is 0 Å². The molecule has 5 heteroatoms. The van der Waals surface area contributed by atoms with E-state index in [0.717, 1.165) is 0 Å². The number of thiophene rings is 1.